The summed E-state index contributed by atoms with van der Waals surface area (Å²) in [7, 11) is 0. The fourth-order valence-electron chi connectivity index (χ4n) is 2.43. The van der Waals surface area contributed by atoms with E-state index in [0.717, 1.165) is 16.9 Å². The minimum atomic E-state index is 0.0155. The lowest BCUT2D eigenvalue weighted by Crippen LogP contribution is -2.29. The summed E-state index contributed by atoms with van der Waals surface area (Å²) in [4.78, 5) is 4.87. The van der Waals surface area contributed by atoms with Gasteiger partial charge < -0.3 is 10.3 Å². The molecule has 2 rings (SSSR count). The Hall–Kier alpha value is -1.35. The number of imidazole rings is 1. The molecule has 0 saturated heterocycles. The van der Waals surface area contributed by atoms with Crippen LogP contribution in [0.1, 0.15) is 52.9 Å². The molecule has 1 aromatic carbocycles. The third kappa shape index (κ3) is 2.52. The molecule has 0 amide bonds. The van der Waals surface area contributed by atoms with Gasteiger partial charge in [-0.15, -0.1) is 0 Å². The summed E-state index contributed by atoms with van der Waals surface area (Å²) in [6.07, 6.45) is 0. The van der Waals surface area contributed by atoms with Crippen LogP contribution in [0.15, 0.2) is 18.2 Å². The van der Waals surface area contributed by atoms with Gasteiger partial charge in [-0.3, -0.25) is 0 Å². The molecule has 0 bridgehead atoms. The fraction of sp³-hybridized carbons (Fsp3) is 0.562. The lowest BCUT2D eigenvalue weighted by atomic mass is 9.94. The van der Waals surface area contributed by atoms with Gasteiger partial charge in [0.05, 0.1) is 11.0 Å². The Morgan fingerprint density at radius 3 is 2.21 bits per heavy atom. The summed E-state index contributed by atoms with van der Waals surface area (Å²) < 4.78 is 2.35. The minimum Gasteiger partial charge on any atom is -0.326 e. The number of nitrogens with zero attached hydrogens (tertiary/aromatic N) is 2. The van der Waals surface area contributed by atoms with Gasteiger partial charge in [0, 0.05) is 17.5 Å². The van der Waals surface area contributed by atoms with Gasteiger partial charge in [0.2, 0.25) is 0 Å². The second kappa shape index (κ2) is 4.34. The highest BCUT2D eigenvalue weighted by molar-refractivity contribution is 5.77. The van der Waals surface area contributed by atoms with Gasteiger partial charge in [-0.05, 0) is 38.5 Å². The predicted octanol–water partition coefficient (Wildman–Crippen LogP) is 3.55. The van der Waals surface area contributed by atoms with Crippen molar-refractivity contribution in [3.05, 3.63) is 29.6 Å². The average Bonchev–Trinajstić information content (AvgIpc) is 2.66. The second-order valence-corrected chi connectivity index (χ2v) is 7.22. The molecule has 0 atom stereocenters. The zero-order valence-corrected chi connectivity index (χ0v) is 12.9. The predicted molar refractivity (Wildman–Crippen MR) is 81.3 cm³/mol. The van der Waals surface area contributed by atoms with E-state index in [9.17, 15) is 0 Å². The third-order valence-electron chi connectivity index (χ3n) is 3.30. The Kier molecular flexibility index (Phi) is 3.21. The van der Waals surface area contributed by atoms with Gasteiger partial charge in [0.25, 0.3) is 0 Å². The lowest BCUT2D eigenvalue weighted by molar-refractivity contribution is 0.364. The zero-order chi connectivity index (χ0) is 14.4. The maximum Gasteiger partial charge on any atom is 0.115 e. The summed E-state index contributed by atoms with van der Waals surface area (Å²) in [5.74, 6) is 1.13. The normalized spacial score (nSPS) is 13.2. The molecule has 2 aromatic rings. The first kappa shape index (κ1) is 14.1. The summed E-state index contributed by atoms with van der Waals surface area (Å²) in [5.41, 5.74) is 9.13. The molecule has 1 aromatic heterocycles. The molecule has 0 fully saturated rings. The summed E-state index contributed by atoms with van der Waals surface area (Å²) in [6.45, 7) is 13.9. The van der Waals surface area contributed by atoms with E-state index < -0.39 is 0 Å². The summed E-state index contributed by atoms with van der Waals surface area (Å²) in [6, 6.07) is 6.34. The van der Waals surface area contributed by atoms with E-state index in [-0.39, 0.29) is 11.0 Å². The minimum absolute atomic E-state index is 0.0155. The maximum atomic E-state index is 5.72. The van der Waals surface area contributed by atoms with E-state index >= 15 is 0 Å². The Morgan fingerprint density at radius 2 is 1.74 bits per heavy atom. The number of hydrogen-bond donors (Lipinski definition) is 1. The van der Waals surface area contributed by atoms with E-state index in [1.165, 1.54) is 5.52 Å². The Balaban J connectivity index is 2.81. The molecule has 0 aliphatic carbocycles. The van der Waals surface area contributed by atoms with Crippen molar-refractivity contribution in [2.45, 2.75) is 59.0 Å². The number of hydrogen-bond acceptors (Lipinski definition) is 2. The van der Waals surface area contributed by atoms with E-state index in [1.807, 2.05) is 0 Å². The molecule has 3 heteroatoms. The van der Waals surface area contributed by atoms with E-state index in [0.29, 0.717) is 6.54 Å². The van der Waals surface area contributed by atoms with Gasteiger partial charge in [0.15, 0.2) is 0 Å². The quantitative estimate of drug-likeness (QED) is 0.851. The highest BCUT2D eigenvalue weighted by atomic mass is 15.1. The SMILES string of the molecule is CC(C)(C)c1nc2cc(CN)ccc2n1C(C)(C)C. The number of benzene rings is 1. The molecule has 104 valence electrons. The fourth-order valence-corrected chi connectivity index (χ4v) is 2.43. The third-order valence-corrected chi connectivity index (χ3v) is 3.30. The standard InChI is InChI=1S/C16H25N3/c1-15(2,3)14-18-12-9-11(10-17)7-8-13(12)19(14)16(4,5)6/h7-9H,10,17H2,1-6H3. The van der Waals surface area contributed by atoms with Crippen LogP contribution in [0.3, 0.4) is 0 Å². The molecular formula is C16H25N3. The monoisotopic (exact) mass is 259 g/mol. The molecule has 3 nitrogen and oxygen atoms in total. The van der Waals surface area contributed by atoms with Crippen LogP contribution in [0.25, 0.3) is 11.0 Å². The Bertz CT molecular complexity index is 595. The molecule has 0 aliphatic heterocycles. The summed E-state index contributed by atoms with van der Waals surface area (Å²) in [5, 5.41) is 0. The molecule has 0 aliphatic rings. The van der Waals surface area contributed by atoms with Crippen LogP contribution in [0, 0.1) is 0 Å². The lowest BCUT2D eigenvalue weighted by Gasteiger charge is -2.29. The molecule has 19 heavy (non-hydrogen) atoms. The van der Waals surface area contributed by atoms with E-state index in [2.05, 4.69) is 64.3 Å². The molecule has 0 radical (unpaired) electrons. The van der Waals surface area contributed by atoms with Crippen molar-refractivity contribution < 1.29 is 0 Å². The smallest absolute Gasteiger partial charge is 0.115 e. The Labute approximate surface area is 115 Å². The zero-order valence-electron chi connectivity index (χ0n) is 12.9. The first-order chi connectivity index (χ1) is 8.64. The number of rotatable bonds is 1. The molecule has 0 spiro atoms. The first-order valence-corrected chi connectivity index (χ1v) is 6.87. The highest BCUT2D eigenvalue weighted by Gasteiger charge is 2.28. The molecular weight excluding hydrogens is 234 g/mol. The van der Waals surface area contributed by atoms with Crippen molar-refractivity contribution in [1.82, 2.24) is 9.55 Å². The molecule has 2 N–H and O–H groups in total. The highest BCUT2D eigenvalue weighted by Crippen LogP contribution is 2.32. The topological polar surface area (TPSA) is 43.8 Å². The second-order valence-electron chi connectivity index (χ2n) is 7.22. The van der Waals surface area contributed by atoms with Gasteiger partial charge in [-0.1, -0.05) is 26.8 Å². The van der Waals surface area contributed by atoms with Crippen LogP contribution in [0.4, 0.5) is 0 Å². The maximum absolute atomic E-state index is 5.72. The molecule has 0 saturated carbocycles. The van der Waals surface area contributed by atoms with Crippen LogP contribution >= 0.6 is 0 Å². The molecule has 0 unspecified atom stereocenters. The largest absolute Gasteiger partial charge is 0.326 e. The van der Waals surface area contributed by atoms with Crippen LogP contribution < -0.4 is 5.73 Å². The van der Waals surface area contributed by atoms with Crippen LogP contribution in [-0.2, 0) is 17.5 Å². The van der Waals surface area contributed by atoms with Crippen LogP contribution in [-0.4, -0.2) is 9.55 Å². The van der Waals surface area contributed by atoms with Gasteiger partial charge in [-0.2, -0.15) is 0 Å². The Morgan fingerprint density at radius 1 is 1.11 bits per heavy atom. The average molecular weight is 259 g/mol. The van der Waals surface area contributed by atoms with Crippen molar-refractivity contribution >= 4 is 11.0 Å². The number of aromatic nitrogens is 2. The van der Waals surface area contributed by atoms with E-state index in [4.69, 9.17) is 10.7 Å². The first-order valence-electron chi connectivity index (χ1n) is 6.87. The van der Waals surface area contributed by atoms with Gasteiger partial charge >= 0.3 is 0 Å². The van der Waals surface area contributed by atoms with E-state index in [1.54, 1.807) is 0 Å². The van der Waals surface area contributed by atoms with Crippen molar-refractivity contribution in [2.24, 2.45) is 5.73 Å². The number of fused-ring (bicyclic) bond motifs is 1. The number of nitrogens with two attached hydrogens (primary N) is 1. The molecule has 1 heterocycles. The van der Waals surface area contributed by atoms with Crippen molar-refractivity contribution in [2.75, 3.05) is 0 Å². The van der Waals surface area contributed by atoms with Gasteiger partial charge in [0.1, 0.15) is 5.82 Å². The summed E-state index contributed by atoms with van der Waals surface area (Å²) >= 11 is 0. The van der Waals surface area contributed by atoms with Crippen molar-refractivity contribution in [3.8, 4) is 0 Å². The van der Waals surface area contributed by atoms with Crippen molar-refractivity contribution in [3.63, 3.8) is 0 Å². The van der Waals surface area contributed by atoms with Gasteiger partial charge in [-0.25, -0.2) is 4.98 Å². The van der Waals surface area contributed by atoms with Crippen LogP contribution in [0.5, 0.6) is 0 Å². The van der Waals surface area contributed by atoms with Crippen molar-refractivity contribution in [1.29, 1.82) is 0 Å². The van der Waals surface area contributed by atoms with Crippen LogP contribution in [0.2, 0.25) is 0 Å².